The van der Waals surface area contributed by atoms with E-state index in [9.17, 15) is 19.7 Å². The second-order valence-electron chi connectivity index (χ2n) is 8.11. The van der Waals surface area contributed by atoms with E-state index < -0.39 is 28.8 Å². The van der Waals surface area contributed by atoms with Crippen LogP contribution in [0.25, 0.3) is 0 Å². The van der Waals surface area contributed by atoms with Crippen LogP contribution in [0, 0.1) is 16.0 Å². The zero-order valence-electron chi connectivity index (χ0n) is 19.5. The van der Waals surface area contributed by atoms with Crippen molar-refractivity contribution in [2.24, 2.45) is 10.9 Å². The highest BCUT2D eigenvalue weighted by molar-refractivity contribution is 6.08. The van der Waals surface area contributed by atoms with Crippen molar-refractivity contribution in [3.63, 3.8) is 0 Å². The van der Waals surface area contributed by atoms with E-state index in [-0.39, 0.29) is 12.3 Å². The Hall–Kier alpha value is -4.15. The highest BCUT2D eigenvalue weighted by Crippen LogP contribution is 2.33. The number of hydrogen-bond acceptors (Lipinski definition) is 9. The molecule has 2 aromatic carbocycles. The van der Waals surface area contributed by atoms with E-state index in [1.165, 1.54) is 24.3 Å². The van der Waals surface area contributed by atoms with Gasteiger partial charge in [-0.3, -0.25) is 25.0 Å². The molecule has 0 aromatic heterocycles. The summed E-state index contributed by atoms with van der Waals surface area (Å²) in [6.45, 7) is 4.33. The molecule has 0 spiro atoms. The quantitative estimate of drug-likeness (QED) is 0.288. The van der Waals surface area contributed by atoms with Crippen LogP contribution >= 0.6 is 0 Å². The molecule has 184 valence electrons. The molecule has 0 radical (unpaired) electrons. The van der Waals surface area contributed by atoms with Gasteiger partial charge in [0.05, 0.1) is 24.3 Å². The summed E-state index contributed by atoms with van der Waals surface area (Å²) in [7, 11) is 1.64. The minimum Gasteiger partial charge on any atom is -0.495 e. The third-order valence-corrected chi connectivity index (χ3v) is 6.09. The van der Waals surface area contributed by atoms with E-state index in [2.05, 4.69) is 10.2 Å². The third kappa shape index (κ3) is 5.03. The number of methoxy groups -OCH3 is 1. The number of nitro groups is 1. The fourth-order valence-electron chi connectivity index (χ4n) is 4.31. The molecule has 1 saturated heterocycles. The molecule has 2 aromatic rings. The molecule has 0 unspecified atom stereocenters. The van der Waals surface area contributed by atoms with E-state index in [1.807, 2.05) is 29.2 Å². The maximum absolute atomic E-state index is 13.0. The molecule has 2 heterocycles. The number of ether oxygens (including phenoxy) is 2. The third-order valence-electron chi connectivity index (χ3n) is 6.09. The van der Waals surface area contributed by atoms with Gasteiger partial charge >= 0.3 is 5.97 Å². The first kappa shape index (κ1) is 24.0. The lowest BCUT2D eigenvalue weighted by molar-refractivity contribution is -0.384. The second kappa shape index (κ2) is 10.4. The van der Waals surface area contributed by atoms with Crippen LogP contribution in [0.4, 0.5) is 11.4 Å². The van der Waals surface area contributed by atoms with Crippen molar-refractivity contribution in [3.05, 3.63) is 64.2 Å². The smallest absolute Gasteiger partial charge is 0.321 e. The molecular formula is C24H27N5O6. The largest absolute Gasteiger partial charge is 0.495 e. The predicted octanol–water partition coefficient (Wildman–Crippen LogP) is 2.13. The Morgan fingerprint density at radius 3 is 2.40 bits per heavy atom. The summed E-state index contributed by atoms with van der Waals surface area (Å²) in [6.07, 6.45) is 0. The molecule has 1 amide bonds. The van der Waals surface area contributed by atoms with Crippen molar-refractivity contribution in [1.82, 2.24) is 10.2 Å². The number of hydrogen-bond donors (Lipinski definition) is 1. The number of piperazine rings is 1. The molecule has 35 heavy (non-hydrogen) atoms. The molecule has 2 atom stereocenters. The normalized spacial score (nSPS) is 20.1. The Bertz CT molecular complexity index is 1130. The number of anilines is 1. The molecule has 0 aliphatic carbocycles. The summed E-state index contributed by atoms with van der Waals surface area (Å²) < 4.78 is 10.6. The summed E-state index contributed by atoms with van der Waals surface area (Å²) >= 11 is 0. The van der Waals surface area contributed by atoms with Crippen molar-refractivity contribution in [3.8, 4) is 5.75 Å². The van der Waals surface area contributed by atoms with Gasteiger partial charge in [-0.05, 0) is 24.6 Å². The zero-order valence-corrected chi connectivity index (χ0v) is 19.5. The van der Waals surface area contributed by atoms with Crippen molar-refractivity contribution in [2.45, 2.75) is 13.0 Å². The average molecular weight is 482 g/mol. The number of carbonyl (C=O) groups is 2. The van der Waals surface area contributed by atoms with Crippen LogP contribution in [-0.4, -0.2) is 67.6 Å². The van der Waals surface area contributed by atoms with Crippen molar-refractivity contribution >= 4 is 29.2 Å². The molecular weight excluding hydrogens is 454 g/mol. The lowest BCUT2D eigenvalue weighted by Gasteiger charge is -2.40. The predicted molar refractivity (Wildman–Crippen MR) is 128 cm³/mol. The Kier molecular flexibility index (Phi) is 7.14. The van der Waals surface area contributed by atoms with Gasteiger partial charge in [0, 0.05) is 38.3 Å². The standard InChI is InChI=1S/C24H27N5O6/c1-3-35-23(31)20-21(16-8-10-17(11-9-16)29(32)33)25-24(26-22(20)30)28-14-12-27(13-15-28)18-6-4-5-7-19(18)34-2/h4-11,20-21H,3,12-15H2,1-2H3,(H,25,26,30)/t20-,21-/m1/s1. The summed E-state index contributed by atoms with van der Waals surface area (Å²) in [4.78, 5) is 45.1. The number of nitro benzene ring substituents is 1. The fourth-order valence-corrected chi connectivity index (χ4v) is 4.31. The number of carbonyl (C=O) groups excluding carboxylic acids is 2. The van der Waals surface area contributed by atoms with Crippen molar-refractivity contribution < 1.29 is 24.0 Å². The number of nitrogens with one attached hydrogen (secondary N) is 1. The number of nitrogens with zero attached hydrogens (tertiary/aromatic N) is 4. The SMILES string of the molecule is CCOC(=O)[C@H]1C(=O)NC(N2CCN(c3ccccc3OC)CC2)=N[C@@H]1c1ccc([N+](=O)[O-])cc1. The minimum absolute atomic E-state index is 0.0849. The number of para-hydroxylation sites is 2. The summed E-state index contributed by atoms with van der Waals surface area (Å²) in [5.74, 6) is -1.21. The molecule has 1 N–H and O–H groups in total. The van der Waals surface area contributed by atoms with Gasteiger partial charge in [0.2, 0.25) is 11.9 Å². The first-order valence-electron chi connectivity index (χ1n) is 11.4. The molecule has 11 nitrogen and oxygen atoms in total. The van der Waals surface area contributed by atoms with Gasteiger partial charge in [0.15, 0.2) is 5.92 Å². The minimum atomic E-state index is -1.19. The van der Waals surface area contributed by atoms with E-state index in [0.717, 1.165) is 11.4 Å². The Morgan fingerprint density at radius 1 is 1.11 bits per heavy atom. The maximum Gasteiger partial charge on any atom is 0.321 e. The lowest BCUT2D eigenvalue weighted by Crippen LogP contribution is -2.57. The summed E-state index contributed by atoms with van der Waals surface area (Å²) in [5, 5.41) is 13.8. The van der Waals surface area contributed by atoms with Gasteiger partial charge in [0.25, 0.3) is 5.69 Å². The Balaban J connectivity index is 1.58. The van der Waals surface area contributed by atoms with Gasteiger partial charge in [-0.1, -0.05) is 24.3 Å². The van der Waals surface area contributed by atoms with E-state index in [1.54, 1.807) is 14.0 Å². The van der Waals surface area contributed by atoms with Crippen LogP contribution in [0.1, 0.15) is 18.5 Å². The van der Waals surface area contributed by atoms with Gasteiger partial charge in [0.1, 0.15) is 11.8 Å². The van der Waals surface area contributed by atoms with Crippen LogP contribution in [-0.2, 0) is 14.3 Å². The van der Waals surface area contributed by atoms with Crippen LogP contribution in [0.15, 0.2) is 53.5 Å². The topological polar surface area (TPSA) is 127 Å². The first-order chi connectivity index (χ1) is 16.9. The zero-order chi connectivity index (χ0) is 24.9. The molecule has 1 fully saturated rings. The molecule has 0 bridgehead atoms. The maximum atomic E-state index is 13.0. The van der Waals surface area contributed by atoms with E-state index in [4.69, 9.17) is 14.5 Å². The highest BCUT2D eigenvalue weighted by Gasteiger charge is 2.42. The van der Waals surface area contributed by atoms with Gasteiger partial charge < -0.3 is 19.3 Å². The van der Waals surface area contributed by atoms with Crippen molar-refractivity contribution in [1.29, 1.82) is 0 Å². The molecule has 2 aliphatic rings. The second-order valence-corrected chi connectivity index (χ2v) is 8.11. The van der Waals surface area contributed by atoms with Gasteiger partial charge in [-0.2, -0.15) is 0 Å². The van der Waals surface area contributed by atoms with E-state index in [0.29, 0.717) is 37.7 Å². The highest BCUT2D eigenvalue weighted by atomic mass is 16.6. The number of esters is 1. The van der Waals surface area contributed by atoms with Crippen molar-refractivity contribution in [2.75, 3.05) is 44.8 Å². The van der Waals surface area contributed by atoms with Crippen LogP contribution in [0.2, 0.25) is 0 Å². The van der Waals surface area contributed by atoms with Gasteiger partial charge in [-0.25, -0.2) is 4.99 Å². The Labute approximate surface area is 202 Å². The molecule has 0 saturated carbocycles. The number of amides is 1. The summed E-state index contributed by atoms with van der Waals surface area (Å²) in [5.41, 5.74) is 1.43. The van der Waals surface area contributed by atoms with Crippen LogP contribution < -0.4 is 15.0 Å². The number of rotatable bonds is 6. The number of benzene rings is 2. The number of aliphatic imine (C=N–C) groups is 1. The lowest BCUT2D eigenvalue weighted by atomic mass is 9.91. The molecule has 4 rings (SSSR count). The van der Waals surface area contributed by atoms with Crippen LogP contribution in [0.5, 0.6) is 5.75 Å². The van der Waals surface area contributed by atoms with E-state index >= 15 is 0 Å². The fraction of sp³-hybridized carbons (Fsp3) is 0.375. The molecule has 2 aliphatic heterocycles. The summed E-state index contributed by atoms with van der Waals surface area (Å²) in [6, 6.07) is 12.7. The number of non-ortho nitro benzene ring substituents is 1. The average Bonchev–Trinajstić information content (AvgIpc) is 2.88. The number of guanidine groups is 1. The molecule has 11 heteroatoms. The Morgan fingerprint density at radius 2 is 1.77 bits per heavy atom. The first-order valence-corrected chi connectivity index (χ1v) is 11.4. The monoisotopic (exact) mass is 481 g/mol. The van der Waals surface area contributed by atoms with Crippen LogP contribution in [0.3, 0.4) is 0 Å². The van der Waals surface area contributed by atoms with Gasteiger partial charge in [-0.15, -0.1) is 0 Å².